The van der Waals surface area contributed by atoms with Crippen molar-refractivity contribution in [3.63, 3.8) is 0 Å². The number of hydrogen-bond donors (Lipinski definition) is 1. The Morgan fingerprint density at radius 1 is 1.16 bits per heavy atom. The summed E-state index contributed by atoms with van der Waals surface area (Å²) in [6.07, 6.45) is 6.83. The topological polar surface area (TPSA) is 15.3 Å². The third-order valence-electron chi connectivity index (χ3n) is 4.76. The van der Waals surface area contributed by atoms with E-state index >= 15 is 0 Å². The fourth-order valence-electron chi connectivity index (χ4n) is 3.41. The van der Waals surface area contributed by atoms with E-state index in [0.717, 1.165) is 18.5 Å². The zero-order valence-electron chi connectivity index (χ0n) is 14.0. The van der Waals surface area contributed by atoms with Crippen molar-refractivity contribution < 1.29 is 0 Å². The van der Waals surface area contributed by atoms with E-state index < -0.39 is 0 Å². The molecule has 0 spiro atoms. The van der Waals surface area contributed by atoms with Gasteiger partial charge in [0.15, 0.2) is 0 Å². The van der Waals surface area contributed by atoms with Gasteiger partial charge in [0.25, 0.3) is 0 Å². The summed E-state index contributed by atoms with van der Waals surface area (Å²) in [6, 6.07) is 0.753. The lowest BCUT2D eigenvalue weighted by Crippen LogP contribution is -2.43. The van der Waals surface area contributed by atoms with Crippen LogP contribution < -0.4 is 5.32 Å². The quantitative estimate of drug-likeness (QED) is 0.785. The number of nitrogens with one attached hydrogen (secondary N) is 1. The molecule has 19 heavy (non-hydrogen) atoms. The van der Waals surface area contributed by atoms with E-state index in [2.05, 4.69) is 44.8 Å². The van der Waals surface area contributed by atoms with Crippen molar-refractivity contribution in [1.29, 1.82) is 0 Å². The molecule has 1 fully saturated rings. The molecule has 1 aliphatic heterocycles. The average molecular weight is 268 g/mol. The minimum absolute atomic E-state index is 0.484. The van der Waals surface area contributed by atoms with Crippen LogP contribution in [0.15, 0.2) is 0 Å². The highest BCUT2D eigenvalue weighted by molar-refractivity contribution is 4.82. The zero-order chi connectivity index (χ0) is 14.3. The van der Waals surface area contributed by atoms with Crippen LogP contribution in [0, 0.1) is 11.3 Å². The van der Waals surface area contributed by atoms with Crippen molar-refractivity contribution in [2.45, 2.75) is 72.8 Å². The van der Waals surface area contributed by atoms with Gasteiger partial charge in [0.2, 0.25) is 0 Å². The second-order valence-electron chi connectivity index (χ2n) is 7.28. The van der Waals surface area contributed by atoms with Gasteiger partial charge in [-0.2, -0.15) is 0 Å². The highest BCUT2D eigenvalue weighted by Crippen LogP contribution is 2.34. The minimum Gasteiger partial charge on any atom is -0.315 e. The predicted molar refractivity (Wildman–Crippen MR) is 85.6 cm³/mol. The third kappa shape index (κ3) is 5.83. The molecule has 0 bridgehead atoms. The number of rotatable bonds is 6. The van der Waals surface area contributed by atoms with Crippen LogP contribution in [0.25, 0.3) is 0 Å². The van der Waals surface area contributed by atoms with E-state index in [9.17, 15) is 0 Å². The summed E-state index contributed by atoms with van der Waals surface area (Å²) in [5.74, 6) is 0.902. The van der Waals surface area contributed by atoms with Gasteiger partial charge in [0.1, 0.15) is 0 Å². The Hall–Kier alpha value is -0.0800. The van der Waals surface area contributed by atoms with Gasteiger partial charge in [-0.25, -0.2) is 0 Å². The normalized spacial score (nSPS) is 24.2. The lowest BCUT2D eigenvalue weighted by Gasteiger charge is -2.32. The molecule has 1 rings (SSSR count). The molecule has 1 aliphatic rings. The van der Waals surface area contributed by atoms with Gasteiger partial charge in [-0.1, -0.05) is 41.0 Å². The summed E-state index contributed by atoms with van der Waals surface area (Å²) in [7, 11) is 0. The van der Waals surface area contributed by atoms with Gasteiger partial charge in [-0.3, -0.25) is 4.90 Å². The summed E-state index contributed by atoms with van der Waals surface area (Å²) >= 11 is 0. The summed E-state index contributed by atoms with van der Waals surface area (Å²) in [4.78, 5) is 2.76. The molecule has 0 aromatic rings. The van der Waals surface area contributed by atoms with Crippen molar-refractivity contribution >= 4 is 0 Å². The maximum atomic E-state index is 3.55. The van der Waals surface area contributed by atoms with Crippen LogP contribution in [0.1, 0.15) is 66.7 Å². The zero-order valence-corrected chi connectivity index (χ0v) is 14.0. The molecule has 0 aromatic heterocycles. The fourth-order valence-corrected chi connectivity index (χ4v) is 3.41. The molecule has 0 radical (unpaired) electrons. The first-order chi connectivity index (χ1) is 8.99. The monoisotopic (exact) mass is 268 g/mol. The Morgan fingerprint density at radius 3 is 2.47 bits per heavy atom. The molecule has 2 unspecified atom stereocenters. The van der Waals surface area contributed by atoms with E-state index in [1.54, 1.807) is 0 Å². The lowest BCUT2D eigenvalue weighted by molar-refractivity contribution is 0.172. The van der Waals surface area contributed by atoms with Gasteiger partial charge < -0.3 is 5.32 Å². The molecule has 1 heterocycles. The lowest BCUT2D eigenvalue weighted by atomic mass is 9.77. The molecule has 114 valence electrons. The predicted octanol–water partition coefficient (Wildman–Crippen LogP) is 3.91. The molecule has 2 nitrogen and oxygen atoms in total. The van der Waals surface area contributed by atoms with Crippen LogP contribution in [0.5, 0.6) is 0 Å². The van der Waals surface area contributed by atoms with E-state index in [1.807, 2.05) is 0 Å². The molecule has 0 amide bonds. The summed E-state index contributed by atoms with van der Waals surface area (Å²) in [6.45, 7) is 16.6. The molecule has 1 saturated heterocycles. The van der Waals surface area contributed by atoms with Gasteiger partial charge in [0, 0.05) is 12.6 Å². The van der Waals surface area contributed by atoms with Gasteiger partial charge >= 0.3 is 0 Å². The van der Waals surface area contributed by atoms with Gasteiger partial charge in [-0.15, -0.1) is 0 Å². The molecule has 0 aliphatic carbocycles. The maximum Gasteiger partial charge on any atom is 0.0220 e. The Balaban J connectivity index is 2.53. The summed E-state index contributed by atoms with van der Waals surface area (Å²) in [5, 5.41) is 3.55. The highest BCUT2D eigenvalue weighted by Gasteiger charge is 2.28. The first-order valence-electron chi connectivity index (χ1n) is 8.43. The van der Waals surface area contributed by atoms with E-state index in [-0.39, 0.29) is 0 Å². The van der Waals surface area contributed by atoms with Crippen LogP contribution in [0.3, 0.4) is 0 Å². The third-order valence-corrected chi connectivity index (χ3v) is 4.76. The first kappa shape index (κ1) is 17.0. The number of likely N-dealkylation sites (N-methyl/N-ethyl adjacent to an activating group) is 1. The number of likely N-dealkylation sites (tertiary alicyclic amines) is 1. The fraction of sp³-hybridized carbons (Fsp3) is 1.00. The molecule has 0 saturated carbocycles. The van der Waals surface area contributed by atoms with E-state index in [1.165, 1.54) is 51.7 Å². The Kier molecular flexibility index (Phi) is 7.38. The minimum atomic E-state index is 0.484. The van der Waals surface area contributed by atoms with Crippen LogP contribution in [-0.4, -0.2) is 37.1 Å². The van der Waals surface area contributed by atoms with Crippen molar-refractivity contribution in [3.8, 4) is 0 Å². The largest absolute Gasteiger partial charge is 0.315 e. The van der Waals surface area contributed by atoms with Crippen LogP contribution in [0.4, 0.5) is 0 Å². The average Bonchev–Trinajstić information content (AvgIpc) is 2.59. The van der Waals surface area contributed by atoms with Crippen molar-refractivity contribution in [2.24, 2.45) is 11.3 Å². The van der Waals surface area contributed by atoms with Gasteiger partial charge in [0.05, 0.1) is 0 Å². The smallest absolute Gasteiger partial charge is 0.0220 e. The highest BCUT2D eigenvalue weighted by atomic mass is 15.2. The summed E-state index contributed by atoms with van der Waals surface area (Å²) in [5.41, 5.74) is 0.484. The van der Waals surface area contributed by atoms with Crippen molar-refractivity contribution in [3.05, 3.63) is 0 Å². The molecule has 1 N–H and O–H groups in total. The maximum absolute atomic E-state index is 3.55. The van der Waals surface area contributed by atoms with Crippen LogP contribution in [0.2, 0.25) is 0 Å². The second kappa shape index (κ2) is 8.26. The second-order valence-corrected chi connectivity index (χ2v) is 7.28. The molecular formula is C17H36N2. The Morgan fingerprint density at radius 2 is 1.89 bits per heavy atom. The first-order valence-corrected chi connectivity index (χ1v) is 8.43. The van der Waals surface area contributed by atoms with Crippen molar-refractivity contribution in [2.75, 3.05) is 26.2 Å². The molecule has 2 atom stereocenters. The number of hydrogen-bond acceptors (Lipinski definition) is 2. The SMILES string of the molecule is CCCC(CNCC)N1CCCC(C(C)(C)C)CC1. The molecular weight excluding hydrogens is 232 g/mol. The Labute approximate surface area is 121 Å². The standard InChI is InChI=1S/C17H36N2/c1-6-9-16(14-18-7-2)19-12-8-10-15(11-13-19)17(3,4)5/h15-16,18H,6-14H2,1-5H3. The number of nitrogens with zero attached hydrogens (tertiary/aromatic N) is 1. The van der Waals surface area contributed by atoms with Crippen molar-refractivity contribution in [1.82, 2.24) is 10.2 Å². The summed E-state index contributed by atoms with van der Waals surface area (Å²) < 4.78 is 0. The molecule has 0 aromatic carbocycles. The Bertz CT molecular complexity index is 232. The van der Waals surface area contributed by atoms with Gasteiger partial charge in [-0.05, 0) is 56.7 Å². The van der Waals surface area contributed by atoms with Crippen LogP contribution in [-0.2, 0) is 0 Å². The van der Waals surface area contributed by atoms with Crippen LogP contribution >= 0.6 is 0 Å². The van der Waals surface area contributed by atoms with E-state index in [4.69, 9.17) is 0 Å². The molecule has 2 heteroatoms. The van der Waals surface area contributed by atoms with E-state index in [0.29, 0.717) is 5.41 Å².